The first-order valence-electron chi connectivity index (χ1n) is 5.97. The summed E-state index contributed by atoms with van der Waals surface area (Å²) in [4.78, 5) is 0. The molecule has 0 heterocycles. The minimum Gasteiger partial charge on any atom is -0.496 e. The number of ether oxygens (including phenoxy) is 1. The van der Waals surface area contributed by atoms with Crippen LogP contribution in [0.15, 0.2) is 46.9 Å². The third kappa shape index (κ3) is 3.96. The maximum atomic E-state index is 6.00. The van der Waals surface area contributed by atoms with Crippen molar-refractivity contribution in [2.24, 2.45) is 0 Å². The van der Waals surface area contributed by atoms with Crippen molar-refractivity contribution >= 4 is 27.5 Å². The number of benzene rings is 2. The summed E-state index contributed by atoms with van der Waals surface area (Å²) >= 11 is 9.54. The van der Waals surface area contributed by atoms with Gasteiger partial charge in [0.05, 0.1) is 7.11 Å². The fourth-order valence-corrected chi connectivity index (χ4v) is 2.48. The predicted molar refractivity (Wildman–Crippen MR) is 82.7 cm³/mol. The Morgan fingerprint density at radius 3 is 2.58 bits per heavy atom. The molecule has 0 atom stereocenters. The lowest BCUT2D eigenvalue weighted by Crippen LogP contribution is -2.13. The summed E-state index contributed by atoms with van der Waals surface area (Å²) in [6.07, 6.45) is 0. The molecule has 0 aliphatic heterocycles. The minimum absolute atomic E-state index is 0.713. The Morgan fingerprint density at radius 2 is 1.84 bits per heavy atom. The number of methoxy groups -OCH3 is 1. The SMILES string of the molecule is COc1ccc(Cl)cc1CNCc1ccccc1Br. The second kappa shape index (κ2) is 6.94. The highest BCUT2D eigenvalue weighted by Gasteiger charge is 2.04. The summed E-state index contributed by atoms with van der Waals surface area (Å²) in [6.45, 7) is 1.50. The molecule has 4 heteroatoms. The maximum absolute atomic E-state index is 6.00. The van der Waals surface area contributed by atoms with Gasteiger partial charge in [-0.1, -0.05) is 45.7 Å². The fraction of sp³-hybridized carbons (Fsp3) is 0.200. The van der Waals surface area contributed by atoms with Crippen LogP contribution in [0, 0.1) is 0 Å². The lowest BCUT2D eigenvalue weighted by Gasteiger charge is -2.11. The second-order valence-electron chi connectivity index (χ2n) is 4.15. The van der Waals surface area contributed by atoms with Crippen LogP contribution < -0.4 is 10.1 Å². The van der Waals surface area contributed by atoms with Crippen LogP contribution in [0.2, 0.25) is 5.02 Å². The van der Waals surface area contributed by atoms with Crippen molar-refractivity contribution in [3.63, 3.8) is 0 Å². The average Bonchev–Trinajstić information content (AvgIpc) is 2.41. The molecule has 2 aromatic carbocycles. The molecule has 0 aliphatic rings. The van der Waals surface area contributed by atoms with Crippen molar-refractivity contribution in [3.05, 3.63) is 63.1 Å². The van der Waals surface area contributed by atoms with E-state index < -0.39 is 0 Å². The molecule has 0 radical (unpaired) electrons. The third-order valence-electron chi connectivity index (χ3n) is 2.83. The summed E-state index contributed by atoms with van der Waals surface area (Å²) in [5, 5.41) is 4.11. The third-order valence-corrected chi connectivity index (χ3v) is 3.84. The monoisotopic (exact) mass is 339 g/mol. The van der Waals surface area contributed by atoms with Gasteiger partial charge in [0.25, 0.3) is 0 Å². The predicted octanol–water partition coefficient (Wildman–Crippen LogP) is 4.40. The van der Waals surface area contributed by atoms with Gasteiger partial charge in [0, 0.05) is 28.1 Å². The summed E-state index contributed by atoms with van der Waals surface area (Å²) in [6, 6.07) is 13.8. The molecule has 2 rings (SSSR count). The Morgan fingerprint density at radius 1 is 1.11 bits per heavy atom. The molecule has 0 aromatic heterocycles. The van der Waals surface area contributed by atoms with Gasteiger partial charge in [-0.2, -0.15) is 0 Å². The van der Waals surface area contributed by atoms with Crippen LogP contribution in [0.1, 0.15) is 11.1 Å². The van der Waals surface area contributed by atoms with Gasteiger partial charge < -0.3 is 10.1 Å². The van der Waals surface area contributed by atoms with E-state index in [-0.39, 0.29) is 0 Å². The maximum Gasteiger partial charge on any atom is 0.123 e. The van der Waals surface area contributed by atoms with Crippen LogP contribution in [-0.4, -0.2) is 7.11 Å². The first-order valence-corrected chi connectivity index (χ1v) is 7.14. The molecule has 0 saturated heterocycles. The summed E-state index contributed by atoms with van der Waals surface area (Å²) in [7, 11) is 1.67. The fourth-order valence-electron chi connectivity index (χ4n) is 1.86. The number of rotatable bonds is 5. The van der Waals surface area contributed by atoms with Crippen molar-refractivity contribution in [2.75, 3.05) is 7.11 Å². The van der Waals surface area contributed by atoms with Crippen LogP contribution in [0.25, 0.3) is 0 Å². The Hall–Kier alpha value is -1.03. The quantitative estimate of drug-likeness (QED) is 0.871. The minimum atomic E-state index is 0.713. The van der Waals surface area contributed by atoms with Crippen molar-refractivity contribution < 1.29 is 4.74 Å². The molecular formula is C15H15BrClNO. The van der Waals surface area contributed by atoms with E-state index in [1.165, 1.54) is 5.56 Å². The zero-order chi connectivity index (χ0) is 13.7. The van der Waals surface area contributed by atoms with E-state index in [1.807, 2.05) is 36.4 Å². The number of halogens is 2. The molecule has 0 aliphatic carbocycles. The topological polar surface area (TPSA) is 21.3 Å². The van der Waals surface area contributed by atoms with E-state index in [1.54, 1.807) is 7.11 Å². The molecule has 0 spiro atoms. The highest BCUT2D eigenvalue weighted by Crippen LogP contribution is 2.22. The van der Waals surface area contributed by atoms with Crippen molar-refractivity contribution in [1.82, 2.24) is 5.32 Å². The van der Waals surface area contributed by atoms with E-state index in [4.69, 9.17) is 16.3 Å². The van der Waals surface area contributed by atoms with Gasteiger partial charge in [-0.3, -0.25) is 0 Å². The van der Waals surface area contributed by atoms with Gasteiger partial charge >= 0.3 is 0 Å². The molecule has 100 valence electrons. The number of nitrogens with one attached hydrogen (secondary N) is 1. The Balaban J connectivity index is 2.00. The van der Waals surface area contributed by atoms with Crippen LogP contribution in [-0.2, 0) is 13.1 Å². The summed E-state index contributed by atoms with van der Waals surface area (Å²) < 4.78 is 6.43. The van der Waals surface area contributed by atoms with Crippen LogP contribution in [0.4, 0.5) is 0 Å². The van der Waals surface area contributed by atoms with Crippen molar-refractivity contribution in [2.45, 2.75) is 13.1 Å². The highest BCUT2D eigenvalue weighted by molar-refractivity contribution is 9.10. The van der Waals surface area contributed by atoms with Gasteiger partial charge in [-0.15, -0.1) is 0 Å². The molecule has 0 unspecified atom stereocenters. The number of hydrogen-bond acceptors (Lipinski definition) is 2. The van der Waals surface area contributed by atoms with Crippen LogP contribution >= 0.6 is 27.5 Å². The first-order chi connectivity index (χ1) is 9.20. The Bertz CT molecular complexity index is 560. The van der Waals surface area contributed by atoms with Gasteiger partial charge in [0.1, 0.15) is 5.75 Å². The lowest BCUT2D eigenvalue weighted by molar-refractivity contribution is 0.407. The number of hydrogen-bond donors (Lipinski definition) is 1. The molecule has 0 fully saturated rings. The zero-order valence-electron chi connectivity index (χ0n) is 10.6. The smallest absolute Gasteiger partial charge is 0.123 e. The van der Waals surface area contributed by atoms with E-state index >= 15 is 0 Å². The van der Waals surface area contributed by atoms with E-state index in [9.17, 15) is 0 Å². The Kier molecular flexibility index (Phi) is 5.25. The van der Waals surface area contributed by atoms with Gasteiger partial charge in [-0.25, -0.2) is 0 Å². The zero-order valence-corrected chi connectivity index (χ0v) is 13.0. The van der Waals surface area contributed by atoms with Crippen molar-refractivity contribution in [1.29, 1.82) is 0 Å². The molecule has 2 aromatic rings. The van der Waals surface area contributed by atoms with Gasteiger partial charge in [-0.05, 0) is 29.8 Å². The standard InChI is InChI=1S/C15H15BrClNO/c1-19-15-7-6-13(17)8-12(15)10-18-9-11-4-2-3-5-14(11)16/h2-8,18H,9-10H2,1H3. The van der Waals surface area contributed by atoms with Crippen LogP contribution in [0.3, 0.4) is 0 Å². The lowest BCUT2D eigenvalue weighted by atomic mass is 10.2. The Labute approximate surface area is 126 Å². The first kappa shape index (κ1) is 14.4. The highest BCUT2D eigenvalue weighted by atomic mass is 79.9. The molecular weight excluding hydrogens is 326 g/mol. The normalized spacial score (nSPS) is 10.5. The molecule has 0 amide bonds. The second-order valence-corrected chi connectivity index (χ2v) is 5.44. The molecule has 0 bridgehead atoms. The van der Waals surface area contributed by atoms with Crippen LogP contribution in [0.5, 0.6) is 5.75 Å². The van der Waals surface area contributed by atoms with Gasteiger partial charge in [0.15, 0.2) is 0 Å². The van der Waals surface area contributed by atoms with E-state index in [2.05, 4.69) is 27.3 Å². The molecule has 0 saturated carbocycles. The van der Waals surface area contributed by atoms with E-state index in [0.717, 1.165) is 27.4 Å². The summed E-state index contributed by atoms with van der Waals surface area (Å²) in [5.74, 6) is 0.851. The van der Waals surface area contributed by atoms with Gasteiger partial charge in [0.2, 0.25) is 0 Å². The molecule has 1 N–H and O–H groups in total. The summed E-state index contributed by atoms with van der Waals surface area (Å²) in [5.41, 5.74) is 2.28. The van der Waals surface area contributed by atoms with Crippen molar-refractivity contribution in [3.8, 4) is 5.75 Å². The molecule has 2 nitrogen and oxygen atoms in total. The average molecular weight is 341 g/mol. The van der Waals surface area contributed by atoms with E-state index in [0.29, 0.717) is 6.54 Å². The molecule has 19 heavy (non-hydrogen) atoms. The largest absolute Gasteiger partial charge is 0.496 e.